The first-order valence-electron chi connectivity index (χ1n) is 10.0. The molecule has 1 rings (SSSR count). The first kappa shape index (κ1) is 28.6. The lowest BCUT2D eigenvalue weighted by Gasteiger charge is -2.25. The standard InChI is InChI=1S/C20H30N4O7S2/c1-33-7-6-14(22-17(27)13(21)9-25)18(28)23-15(8-11-2-4-12(26)5-3-11)19(29)24-16(10-32)20(30)31/h2-5,13-16,25-26,32H,6-10,21H2,1H3,(H,22,27)(H,23,28)(H,24,29)(H,30,31). The van der Waals surface area contributed by atoms with Crippen molar-refractivity contribution in [1.29, 1.82) is 0 Å². The van der Waals surface area contributed by atoms with Crippen LogP contribution in [-0.4, -0.2) is 87.5 Å². The van der Waals surface area contributed by atoms with Crippen molar-refractivity contribution < 1.29 is 34.5 Å². The van der Waals surface area contributed by atoms with Crippen LogP contribution in [0.4, 0.5) is 0 Å². The summed E-state index contributed by atoms with van der Waals surface area (Å²) in [6.45, 7) is -0.602. The summed E-state index contributed by atoms with van der Waals surface area (Å²) >= 11 is 5.37. The Morgan fingerprint density at radius 2 is 1.55 bits per heavy atom. The molecule has 0 saturated carbocycles. The molecular formula is C20H30N4O7S2. The number of phenols is 1. The molecule has 3 amide bonds. The number of aliphatic carboxylic acids is 1. The minimum atomic E-state index is -1.28. The summed E-state index contributed by atoms with van der Waals surface area (Å²) < 4.78 is 0. The second kappa shape index (κ2) is 14.6. The van der Waals surface area contributed by atoms with Gasteiger partial charge in [0.1, 0.15) is 29.9 Å². The Balaban J connectivity index is 3.08. The quantitative estimate of drug-likeness (QED) is 0.140. The maximum absolute atomic E-state index is 13.0. The van der Waals surface area contributed by atoms with Gasteiger partial charge < -0.3 is 37.0 Å². The van der Waals surface area contributed by atoms with E-state index in [0.29, 0.717) is 11.3 Å². The van der Waals surface area contributed by atoms with Crippen LogP contribution in [0.3, 0.4) is 0 Å². The SMILES string of the molecule is CSCCC(NC(=O)C(N)CO)C(=O)NC(Cc1ccc(O)cc1)C(=O)NC(CS)C(=O)O. The third-order valence-electron chi connectivity index (χ3n) is 4.58. The molecule has 1 aromatic rings. The Morgan fingerprint density at radius 3 is 2.06 bits per heavy atom. The molecule has 0 fully saturated rings. The van der Waals surface area contributed by atoms with E-state index in [0.717, 1.165) is 0 Å². The molecule has 0 spiro atoms. The number of thioether (sulfide) groups is 1. The van der Waals surface area contributed by atoms with Crippen LogP contribution in [0.25, 0.3) is 0 Å². The smallest absolute Gasteiger partial charge is 0.327 e. The Hall–Kier alpha value is -2.48. The highest BCUT2D eigenvalue weighted by atomic mass is 32.2. The molecule has 184 valence electrons. The number of carboxylic acids is 1. The maximum atomic E-state index is 13.0. The summed E-state index contributed by atoms with van der Waals surface area (Å²) in [6.07, 6.45) is 2.05. The molecule has 0 aliphatic carbocycles. The minimum absolute atomic E-state index is 0.00386. The fourth-order valence-corrected chi connectivity index (χ4v) is 3.39. The van der Waals surface area contributed by atoms with E-state index >= 15 is 0 Å². The molecule has 8 N–H and O–H groups in total. The third kappa shape index (κ3) is 9.90. The van der Waals surface area contributed by atoms with Crippen LogP contribution >= 0.6 is 24.4 Å². The van der Waals surface area contributed by atoms with E-state index in [1.807, 2.05) is 6.26 Å². The molecule has 0 radical (unpaired) electrons. The van der Waals surface area contributed by atoms with Gasteiger partial charge in [0, 0.05) is 12.2 Å². The van der Waals surface area contributed by atoms with Crippen LogP contribution in [-0.2, 0) is 25.6 Å². The Labute approximate surface area is 201 Å². The van der Waals surface area contributed by atoms with E-state index in [9.17, 15) is 29.4 Å². The summed E-state index contributed by atoms with van der Waals surface area (Å²) in [7, 11) is 0. The zero-order chi connectivity index (χ0) is 25.0. The van der Waals surface area contributed by atoms with Gasteiger partial charge in [0.15, 0.2) is 0 Å². The summed E-state index contributed by atoms with van der Waals surface area (Å²) in [6, 6.07) is 1.26. The first-order chi connectivity index (χ1) is 15.6. The van der Waals surface area contributed by atoms with Gasteiger partial charge in [-0.1, -0.05) is 12.1 Å². The Morgan fingerprint density at radius 1 is 1.00 bits per heavy atom. The zero-order valence-electron chi connectivity index (χ0n) is 18.1. The molecule has 0 saturated heterocycles. The highest BCUT2D eigenvalue weighted by Crippen LogP contribution is 2.12. The predicted molar refractivity (Wildman–Crippen MR) is 127 cm³/mol. The maximum Gasteiger partial charge on any atom is 0.327 e. The van der Waals surface area contributed by atoms with Gasteiger partial charge in [0.2, 0.25) is 17.7 Å². The summed E-state index contributed by atoms with van der Waals surface area (Å²) in [4.78, 5) is 49.2. The normalized spacial score (nSPS) is 14.4. The average Bonchev–Trinajstić information content (AvgIpc) is 2.79. The number of aliphatic hydroxyl groups is 1. The van der Waals surface area contributed by atoms with E-state index in [4.69, 9.17) is 10.8 Å². The van der Waals surface area contributed by atoms with Crippen LogP contribution in [0.5, 0.6) is 5.75 Å². The predicted octanol–water partition coefficient (Wildman–Crippen LogP) is -1.52. The van der Waals surface area contributed by atoms with Gasteiger partial charge in [-0.05, 0) is 36.1 Å². The molecule has 11 nitrogen and oxygen atoms in total. The number of hydrogen-bond acceptors (Lipinski definition) is 9. The van der Waals surface area contributed by atoms with E-state index in [1.54, 1.807) is 12.1 Å². The zero-order valence-corrected chi connectivity index (χ0v) is 19.8. The van der Waals surface area contributed by atoms with E-state index < -0.39 is 54.5 Å². The van der Waals surface area contributed by atoms with Crippen molar-refractivity contribution in [2.24, 2.45) is 5.73 Å². The van der Waals surface area contributed by atoms with Crippen molar-refractivity contribution in [3.05, 3.63) is 29.8 Å². The van der Waals surface area contributed by atoms with Crippen molar-refractivity contribution in [3.8, 4) is 5.75 Å². The number of carbonyl (C=O) groups excluding carboxylic acids is 3. The van der Waals surface area contributed by atoms with Gasteiger partial charge in [0.25, 0.3) is 0 Å². The van der Waals surface area contributed by atoms with Crippen LogP contribution in [0, 0.1) is 0 Å². The lowest BCUT2D eigenvalue weighted by atomic mass is 10.0. The largest absolute Gasteiger partial charge is 0.508 e. The van der Waals surface area contributed by atoms with Gasteiger partial charge in [-0.15, -0.1) is 0 Å². The first-order valence-corrected chi connectivity index (χ1v) is 12.0. The number of nitrogens with one attached hydrogen (secondary N) is 3. The van der Waals surface area contributed by atoms with Crippen LogP contribution in [0.15, 0.2) is 24.3 Å². The monoisotopic (exact) mass is 502 g/mol. The molecule has 0 aliphatic rings. The van der Waals surface area contributed by atoms with Crippen LogP contribution in [0.1, 0.15) is 12.0 Å². The summed E-state index contributed by atoms with van der Waals surface area (Å²) in [5.41, 5.74) is 6.10. The topological polar surface area (TPSA) is 191 Å². The number of carboxylic acid groups (broad SMARTS) is 1. The van der Waals surface area contributed by atoms with Crippen molar-refractivity contribution in [2.75, 3.05) is 24.4 Å². The van der Waals surface area contributed by atoms with Crippen molar-refractivity contribution in [3.63, 3.8) is 0 Å². The minimum Gasteiger partial charge on any atom is -0.508 e. The molecular weight excluding hydrogens is 472 g/mol. The molecule has 0 heterocycles. The number of aromatic hydroxyl groups is 1. The van der Waals surface area contributed by atoms with Gasteiger partial charge in [0.05, 0.1) is 6.61 Å². The molecule has 0 bridgehead atoms. The second-order valence-electron chi connectivity index (χ2n) is 7.15. The molecule has 33 heavy (non-hydrogen) atoms. The lowest BCUT2D eigenvalue weighted by Crippen LogP contribution is -2.58. The fraction of sp³-hybridized carbons (Fsp3) is 0.500. The van der Waals surface area contributed by atoms with Crippen molar-refractivity contribution >= 4 is 48.1 Å². The average molecular weight is 503 g/mol. The fourth-order valence-electron chi connectivity index (χ4n) is 2.67. The number of carbonyl (C=O) groups is 4. The van der Waals surface area contributed by atoms with Gasteiger partial charge in [-0.2, -0.15) is 24.4 Å². The van der Waals surface area contributed by atoms with E-state index in [1.165, 1.54) is 23.9 Å². The van der Waals surface area contributed by atoms with Gasteiger partial charge in [-0.3, -0.25) is 14.4 Å². The number of thiol groups is 1. The Bertz CT molecular complexity index is 810. The number of nitrogens with two attached hydrogens (primary N) is 1. The number of phenolic OH excluding ortho intramolecular Hbond substituents is 1. The van der Waals surface area contributed by atoms with Crippen molar-refractivity contribution in [1.82, 2.24) is 16.0 Å². The number of aliphatic hydroxyl groups excluding tert-OH is 1. The van der Waals surface area contributed by atoms with Crippen LogP contribution in [0.2, 0.25) is 0 Å². The van der Waals surface area contributed by atoms with Crippen LogP contribution < -0.4 is 21.7 Å². The second-order valence-corrected chi connectivity index (χ2v) is 8.50. The molecule has 1 aromatic carbocycles. The highest BCUT2D eigenvalue weighted by Gasteiger charge is 2.30. The molecule has 0 aromatic heterocycles. The molecule has 0 aliphatic heterocycles. The summed E-state index contributed by atoms with van der Waals surface area (Å²) in [5.74, 6) is -3.05. The van der Waals surface area contributed by atoms with E-state index in [-0.39, 0.29) is 24.3 Å². The molecule has 4 unspecified atom stereocenters. The van der Waals surface area contributed by atoms with Crippen molar-refractivity contribution in [2.45, 2.75) is 37.0 Å². The lowest BCUT2D eigenvalue weighted by molar-refractivity contribution is -0.141. The number of benzene rings is 1. The molecule has 4 atom stereocenters. The third-order valence-corrected chi connectivity index (χ3v) is 5.59. The number of hydrogen-bond donors (Lipinski definition) is 8. The van der Waals surface area contributed by atoms with Gasteiger partial charge >= 0.3 is 5.97 Å². The van der Waals surface area contributed by atoms with Gasteiger partial charge in [-0.25, -0.2) is 4.79 Å². The Kier molecular flexibility index (Phi) is 12.7. The van der Waals surface area contributed by atoms with E-state index in [2.05, 4.69) is 28.6 Å². The number of rotatable bonds is 14. The highest BCUT2D eigenvalue weighted by molar-refractivity contribution is 7.98. The molecule has 13 heteroatoms. The number of amides is 3. The summed E-state index contributed by atoms with van der Waals surface area (Å²) in [5, 5.41) is 35.1.